The van der Waals surface area contributed by atoms with Gasteiger partial charge in [-0.05, 0) is 37.1 Å². The molecule has 0 aromatic heterocycles. The van der Waals surface area contributed by atoms with Crippen molar-refractivity contribution in [2.75, 3.05) is 38.2 Å². The molecule has 0 unspecified atom stereocenters. The van der Waals surface area contributed by atoms with E-state index in [0.29, 0.717) is 56.5 Å². The monoisotopic (exact) mass is 411 g/mol. The van der Waals surface area contributed by atoms with Gasteiger partial charge in [0.15, 0.2) is 11.5 Å². The second-order valence-electron chi connectivity index (χ2n) is 7.09. The third-order valence-corrected chi connectivity index (χ3v) is 5.02. The first-order valence-electron chi connectivity index (χ1n) is 10.1. The lowest BCUT2D eigenvalue weighted by Gasteiger charge is -2.25. The summed E-state index contributed by atoms with van der Waals surface area (Å²) in [5, 5.41) is 5.72. The van der Waals surface area contributed by atoms with Crippen molar-refractivity contribution in [3.63, 3.8) is 0 Å². The van der Waals surface area contributed by atoms with Crippen LogP contribution in [0, 0.1) is 0 Å². The first-order chi connectivity index (χ1) is 14.7. The largest absolute Gasteiger partial charge is 0.492 e. The molecule has 4 rings (SSSR count). The molecule has 30 heavy (non-hydrogen) atoms. The summed E-state index contributed by atoms with van der Waals surface area (Å²) in [6, 6.07) is 13.9. The fourth-order valence-corrected chi connectivity index (χ4v) is 3.58. The number of fused-ring (bicyclic) bond motifs is 1. The zero-order chi connectivity index (χ0) is 20.8. The molecule has 0 bridgehead atoms. The Balaban J connectivity index is 1.28. The van der Waals surface area contributed by atoms with Gasteiger partial charge >= 0.3 is 6.03 Å². The van der Waals surface area contributed by atoms with Crippen molar-refractivity contribution >= 4 is 17.6 Å². The van der Waals surface area contributed by atoms with Gasteiger partial charge < -0.3 is 29.7 Å². The van der Waals surface area contributed by atoms with E-state index in [-0.39, 0.29) is 11.9 Å². The molecule has 2 aromatic carbocycles. The summed E-state index contributed by atoms with van der Waals surface area (Å²) >= 11 is 0. The summed E-state index contributed by atoms with van der Waals surface area (Å²) in [5.74, 6) is 1.86. The minimum atomic E-state index is -0.487. The first kappa shape index (κ1) is 19.9. The second-order valence-corrected chi connectivity index (χ2v) is 7.09. The maximum atomic E-state index is 12.8. The van der Waals surface area contributed by atoms with Crippen molar-refractivity contribution < 1.29 is 23.8 Å². The van der Waals surface area contributed by atoms with E-state index in [9.17, 15) is 9.59 Å². The van der Waals surface area contributed by atoms with Crippen LogP contribution in [0.1, 0.15) is 12.8 Å². The smallest absolute Gasteiger partial charge is 0.322 e. The van der Waals surface area contributed by atoms with E-state index in [4.69, 9.17) is 14.2 Å². The van der Waals surface area contributed by atoms with Crippen molar-refractivity contribution in [3.8, 4) is 17.2 Å². The van der Waals surface area contributed by atoms with Crippen LogP contribution in [0.4, 0.5) is 10.5 Å². The number of nitrogens with one attached hydrogen (secondary N) is 2. The summed E-state index contributed by atoms with van der Waals surface area (Å²) < 4.78 is 16.6. The van der Waals surface area contributed by atoms with E-state index in [1.807, 2.05) is 30.3 Å². The van der Waals surface area contributed by atoms with E-state index in [1.165, 1.54) is 0 Å². The van der Waals surface area contributed by atoms with Crippen LogP contribution in [-0.2, 0) is 4.79 Å². The molecule has 1 atom stereocenters. The van der Waals surface area contributed by atoms with Gasteiger partial charge in [-0.3, -0.25) is 4.79 Å². The average molecular weight is 411 g/mol. The molecule has 2 aromatic rings. The molecule has 8 nitrogen and oxygen atoms in total. The number of hydrogen-bond donors (Lipinski definition) is 2. The molecular formula is C22H25N3O5. The number of amides is 3. The molecule has 2 aliphatic heterocycles. The molecule has 2 heterocycles. The average Bonchev–Trinajstić information content (AvgIpc) is 3.27. The molecule has 0 spiro atoms. The normalized spacial score (nSPS) is 17.3. The van der Waals surface area contributed by atoms with Gasteiger partial charge in [0.25, 0.3) is 0 Å². The summed E-state index contributed by atoms with van der Waals surface area (Å²) in [4.78, 5) is 26.9. The van der Waals surface area contributed by atoms with Gasteiger partial charge in [0, 0.05) is 18.3 Å². The molecule has 1 saturated heterocycles. The Morgan fingerprint density at radius 2 is 1.87 bits per heavy atom. The summed E-state index contributed by atoms with van der Waals surface area (Å²) in [5.41, 5.74) is 0.603. The number of para-hydroxylation sites is 1. The predicted molar refractivity (Wildman–Crippen MR) is 111 cm³/mol. The van der Waals surface area contributed by atoms with Crippen LogP contribution < -0.4 is 24.8 Å². The summed E-state index contributed by atoms with van der Waals surface area (Å²) in [6.07, 6.45) is 1.42. The Labute approximate surface area is 175 Å². The number of carbonyl (C=O) groups excluding carboxylic acids is 2. The van der Waals surface area contributed by atoms with Crippen LogP contribution in [0.5, 0.6) is 17.2 Å². The highest BCUT2D eigenvalue weighted by Gasteiger charge is 2.34. The third kappa shape index (κ3) is 4.76. The Morgan fingerprint density at radius 1 is 1.07 bits per heavy atom. The molecular weight excluding hydrogens is 386 g/mol. The Morgan fingerprint density at radius 3 is 2.70 bits per heavy atom. The van der Waals surface area contributed by atoms with Crippen LogP contribution >= 0.6 is 0 Å². The Hall–Kier alpha value is -3.42. The van der Waals surface area contributed by atoms with Crippen molar-refractivity contribution in [1.29, 1.82) is 0 Å². The van der Waals surface area contributed by atoms with E-state index in [0.717, 1.165) is 12.2 Å². The van der Waals surface area contributed by atoms with Crippen LogP contribution in [0.3, 0.4) is 0 Å². The molecule has 0 radical (unpaired) electrons. The van der Waals surface area contributed by atoms with Gasteiger partial charge in [-0.1, -0.05) is 18.2 Å². The minimum absolute atomic E-state index is 0.165. The molecule has 3 amide bonds. The highest BCUT2D eigenvalue weighted by Crippen LogP contribution is 2.33. The number of nitrogens with zero attached hydrogens (tertiary/aromatic N) is 1. The molecule has 2 N–H and O–H groups in total. The van der Waals surface area contributed by atoms with Crippen molar-refractivity contribution in [1.82, 2.24) is 10.2 Å². The van der Waals surface area contributed by atoms with E-state index in [2.05, 4.69) is 10.6 Å². The maximum absolute atomic E-state index is 12.8. The minimum Gasteiger partial charge on any atom is -0.492 e. The first-order valence-corrected chi connectivity index (χ1v) is 10.1. The van der Waals surface area contributed by atoms with E-state index < -0.39 is 6.04 Å². The highest BCUT2D eigenvalue weighted by atomic mass is 16.6. The summed E-state index contributed by atoms with van der Waals surface area (Å²) in [7, 11) is 0. The van der Waals surface area contributed by atoms with Crippen LogP contribution in [-0.4, -0.2) is 55.8 Å². The number of carbonyl (C=O) groups is 2. The Kier molecular flexibility index (Phi) is 6.22. The van der Waals surface area contributed by atoms with Crippen molar-refractivity contribution in [3.05, 3.63) is 48.5 Å². The topological polar surface area (TPSA) is 89.1 Å². The fourth-order valence-electron chi connectivity index (χ4n) is 3.58. The second kappa shape index (κ2) is 9.39. The lowest BCUT2D eigenvalue weighted by molar-refractivity contribution is -0.124. The van der Waals surface area contributed by atoms with Gasteiger partial charge in [0.1, 0.15) is 31.6 Å². The van der Waals surface area contributed by atoms with Crippen LogP contribution in [0.25, 0.3) is 0 Å². The number of likely N-dealkylation sites (tertiary alicyclic amines) is 1. The molecule has 0 saturated carbocycles. The highest BCUT2D eigenvalue weighted by molar-refractivity contribution is 5.94. The zero-order valence-electron chi connectivity index (χ0n) is 16.6. The van der Waals surface area contributed by atoms with Gasteiger partial charge in [-0.15, -0.1) is 0 Å². The predicted octanol–water partition coefficient (Wildman–Crippen LogP) is 2.65. The number of urea groups is 1. The van der Waals surface area contributed by atoms with Crippen LogP contribution in [0.15, 0.2) is 48.5 Å². The number of ether oxygens (including phenoxy) is 3. The van der Waals surface area contributed by atoms with Crippen molar-refractivity contribution in [2.24, 2.45) is 0 Å². The number of rotatable bonds is 6. The van der Waals surface area contributed by atoms with E-state index >= 15 is 0 Å². The maximum Gasteiger partial charge on any atom is 0.322 e. The number of hydrogen-bond acceptors (Lipinski definition) is 5. The van der Waals surface area contributed by atoms with Gasteiger partial charge in [0.05, 0.1) is 6.54 Å². The van der Waals surface area contributed by atoms with Crippen LogP contribution in [0.2, 0.25) is 0 Å². The fraction of sp³-hybridized carbons (Fsp3) is 0.364. The molecule has 158 valence electrons. The lowest BCUT2D eigenvalue weighted by atomic mass is 10.2. The standard InChI is InChI=1S/C22H25N3O5/c26-21(23-10-12-28-17-5-2-1-3-6-17)18-7-4-11-25(18)22(27)24-16-8-9-19-20(15-16)30-14-13-29-19/h1-3,5-6,8-9,15,18H,4,7,10-14H2,(H,23,26)(H,24,27)/t18-/m0/s1. The third-order valence-electron chi connectivity index (χ3n) is 5.02. The molecule has 2 aliphatic rings. The number of benzene rings is 2. The van der Waals surface area contributed by atoms with Gasteiger partial charge in [0.2, 0.25) is 5.91 Å². The SMILES string of the molecule is O=C(NCCOc1ccccc1)[C@@H]1CCCN1C(=O)Nc1ccc2c(c1)OCCO2. The van der Waals surface area contributed by atoms with Gasteiger partial charge in [-0.2, -0.15) is 0 Å². The molecule has 8 heteroatoms. The van der Waals surface area contributed by atoms with Crippen molar-refractivity contribution in [2.45, 2.75) is 18.9 Å². The Bertz CT molecular complexity index is 890. The molecule has 0 aliphatic carbocycles. The van der Waals surface area contributed by atoms with Gasteiger partial charge in [-0.25, -0.2) is 4.79 Å². The number of anilines is 1. The lowest BCUT2D eigenvalue weighted by Crippen LogP contribution is -2.48. The molecule has 1 fully saturated rings. The summed E-state index contributed by atoms with van der Waals surface area (Å²) in [6.45, 7) is 2.27. The van der Waals surface area contributed by atoms with E-state index in [1.54, 1.807) is 23.1 Å². The zero-order valence-corrected chi connectivity index (χ0v) is 16.6. The quantitative estimate of drug-likeness (QED) is 0.714.